The van der Waals surface area contributed by atoms with Crippen LogP contribution in [0.1, 0.15) is 5.01 Å². The second-order valence-corrected chi connectivity index (χ2v) is 6.38. The predicted molar refractivity (Wildman–Crippen MR) is 102 cm³/mol. The molecule has 7 nitrogen and oxygen atoms in total. The highest BCUT2D eigenvalue weighted by Crippen LogP contribution is 2.36. The number of fused-ring (bicyclic) bond motifs is 1. The number of aromatic nitrogens is 1. The molecule has 2 heterocycles. The van der Waals surface area contributed by atoms with E-state index in [4.69, 9.17) is 14.2 Å². The first-order chi connectivity index (χ1) is 13.3. The van der Waals surface area contributed by atoms with E-state index in [-0.39, 0.29) is 12.5 Å². The summed E-state index contributed by atoms with van der Waals surface area (Å²) < 4.78 is 15.8. The molecule has 1 aromatic heterocycles. The van der Waals surface area contributed by atoms with Crippen molar-refractivity contribution < 1.29 is 14.2 Å². The lowest BCUT2D eigenvalue weighted by molar-refractivity contribution is 0.174. The van der Waals surface area contributed by atoms with Gasteiger partial charge in [0.05, 0.1) is 18.5 Å². The second-order valence-electron chi connectivity index (χ2n) is 5.52. The van der Waals surface area contributed by atoms with E-state index in [9.17, 15) is 5.26 Å². The molecule has 1 aliphatic rings. The molecule has 0 atom stereocenters. The van der Waals surface area contributed by atoms with Gasteiger partial charge in [0.15, 0.2) is 22.2 Å². The van der Waals surface area contributed by atoms with E-state index in [0.29, 0.717) is 10.8 Å². The number of nitrogens with one attached hydrogen (secondary N) is 1. The zero-order chi connectivity index (χ0) is 18.6. The summed E-state index contributed by atoms with van der Waals surface area (Å²) >= 11 is 1.36. The van der Waals surface area contributed by atoms with Crippen LogP contribution in [0.2, 0.25) is 0 Å². The Kier molecular flexibility index (Phi) is 4.60. The van der Waals surface area contributed by atoms with Crippen molar-refractivity contribution in [3.63, 3.8) is 0 Å². The fraction of sp³-hybridized carbons (Fsp3) is 0.105. The third-order valence-electron chi connectivity index (χ3n) is 3.87. The van der Waals surface area contributed by atoms with Crippen LogP contribution in [0.15, 0.2) is 52.9 Å². The predicted octanol–water partition coefficient (Wildman–Crippen LogP) is 3.89. The standard InChI is InChI=1S/C19H14N4O3S/c1-24-14-5-3-13(4-6-14)22-23-15(9-20)19-21-16(10-27-19)12-2-7-17-18(8-12)26-11-25-17/h2-8,10,22H,11H2,1H3/b23-15+. The van der Waals surface area contributed by atoms with Gasteiger partial charge in [0, 0.05) is 10.9 Å². The van der Waals surface area contributed by atoms with Crippen molar-refractivity contribution >= 4 is 22.7 Å². The lowest BCUT2D eigenvalue weighted by atomic mass is 10.1. The van der Waals surface area contributed by atoms with Crippen LogP contribution in [0.5, 0.6) is 17.2 Å². The number of methoxy groups -OCH3 is 1. The van der Waals surface area contributed by atoms with Crippen LogP contribution in [0.3, 0.4) is 0 Å². The van der Waals surface area contributed by atoms with Gasteiger partial charge in [0.2, 0.25) is 6.79 Å². The summed E-state index contributed by atoms with van der Waals surface area (Å²) in [7, 11) is 1.61. The van der Waals surface area contributed by atoms with Crippen LogP contribution in [-0.2, 0) is 0 Å². The number of nitrogens with zero attached hydrogens (tertiary/aromatic N) is 3. The molecular formula is C19H14N4O3S. The van der Waals surface area contributed by atoms with Gasteiger partial charge in [-0.05, 0) is 42.5 Å². The van der Waals surface area contributed by atoms with Gasteiger partial charge in [-0.2, -0.15) is 10.4 Å². The molecular weight excluding hydrogens is 364 g/mol. The Morgan fingerprint density at radius 2 is 2.04 bits per heavy atom. The van der Waals surface area contributed by atoms with E-state index >= 15 is 0 Å². The molecule has 0 saturated heterocycles. The summed E-state index contributed by atoms with van der Waals surface area (Å²) in [4.78, 5) is 4.53. The molecule has 3 aromatic rings. The minimum Gasteiger partial charge on any atom is -0.497 e. The molecule has 0 saturated carbocycles. The first-order valence-corrected chi connectivity index (χ1v) is 8.88. The van der Waals surface area contributed by atoms with Gasteiger partial charge in [-0.15, -0.1) is 11.3 Å². The Balaban J connectivity index is 1.54. The van der Waals surface area contributed by atoms with Gasteiger partial charge >= 0.3 is 0 Å². The maximum Gasteiger partial charge on any atom is 0.231 e. The lowest BCUT2D eigenvalue weighted by Gasteiger charge is -2.02. The minimum absolute atomic E-state index is 0.211. The molecule has 4 rings (SSSR count). The Bertz CT molecular complexity index is 1040. The monoisotopic (exact) mass is 378 g/mol. The Hall–Kier alpha value is -3.57. The summed E-state index contributed by atoms with van der Waals surface area (Å²) in [6.07, 6.45) is 0. The van der Waals surface area contributed by atoms with E-state index in [0.717, 1.165) is 28.4 Å². The van der Waals surface area contributed by atoms with Crippen molar-refractivity contribution in [2.45, 2.75) is 0 Å². The quantitative estimate of drug-likeness (QED) is 0.535. The van der Waals surface area contributed by atoms with Crippen LogP contribution >= 0.6 is 11.3 Å². The Morgan fingerprint density at radius 3 is 2.81 bits per heavy atom. The zero-order valence-corrected chi connectivity index (χ0v) is 15.1. The normalized spacial score (nSPS) is 12.5. The molecule has 2 aromatic carbocycles. The topological polar surface area (TPSA) is 88.8 Å². The van der Waals surface area contributed by atoms with Gasteiger partial charge in [-0.25, -0.2) is 4.98 Å². The molecule has 1 N–H and O–H groups in total. The molecule has 1 aliphatic heterocycles. The van der Waals surface area contributed by atoms with Crippen molar-refractivity contribution in [2.24, 2.45) is 5.10 Å². The number of anilines is 1. The second kappa shape index (κ2) is 7.35. The number of hydrazone groups is 1. The van der Waals surface area contributed by atoms with E-state index in [1.165, 1.54) is 11.3 Å². The number of ether oxygens (including phenoxy) is 3. The van der Waals surface area contributed by atoms with Crippen molar-refractivity contribution in [3.8, 4) is 34.6 Å². The molecule has 0 spiro atoms. The molecule has 0 bridgehead atoms. The van der Waals surface area contributed by atoms with Crippen LogP contribution in [-0.4, -0.2) is 24.6 Å². The van der Waals surface area contributed by atoms with Gasteiger partial charge in [0.1, 0.15) is 11.8 Å². The summed E-state index contributed by atoms with van der Waals surface area (Å²) in [5.41, 5.74) is 5.47. The fourth-order valence-electron chi connectivity index (χ4n) is 2.48. The van der Waals surface area contributed by atoms with Crippen molar-refractivity contribution in [3.05, 3.63) is 52.9 Å². The average Bonchev–Trinajstić information content (AvgIpc) is 3.38. The van der Waals surface area contributed by atoms with Gasteiger partial charge in [-0.3, -0.25) is 5.43 Å². The molecule has 0 aliphatic carbocycles. The number of thiazole rings is 1. The number of benzene rings is 2. The first kappa shape index (κ1) is 16.9. The maximum absolute atomic E-state index is 9.44. The van der Waals surface area contributed by atoms with Gasteiger partial charge in [-0.1, -0.05) is 0 Å². The zero-order valence-electron chi connectivity index (χ0n) is 14.3. The smallest absolute Gasteiger partial charge is 0.231 e. The van der Waals surface area contributed by atoms with Crippen LogP contribution in [0.25, 0.3) is 11.3 Å². The maximum atomic E-state index is 9.44. The highest BCUT2D eigenvalue weighted by atomic mass is 32.1. The highest BCUT2D eigenvalue weighted by molar-refractivity contribution is 7.12. The van der Waals surface area contributed by atoms with E-state index in [1.54, 1.807) is 7.11 Å². The number of nitriles is 1. The molecule has 0 radical (unpaired) electrons. The molecule has 8 heteroatoms. The number of hydrogen-bond donors (Lipinski definition) is 1. The molecule has 27 heavy (non-hydrogen) atoms. The summed E-state index contributed by atoms with van der Waals surface area (Å²) in [5.74, 6) is 2.16. The highest BCUT2D eigenvalue weighted by Gasteiger charge is 2.16. The minimum atomic E-state index is 0.211. The van der Waals surface area contributed by atoms with Crippen LogP contribution in [0.4, 0.5) is 5.69 Å². The largest absolute Gasteiger partial charge is 0.497 e. The van der Waals surface area contributed by atoms with Crippen molar-refractivity contribution in [1.29, 1.82) is 5.26 Å². The third kappa shape index (κ3) is 3.54. The van der Waals surface area contributed by atoms with E-state index in [2.05, 4.69) is 21.6 Å². The third-order valence-corrected chi connectivity index (χ3v) is 4.72. The summed E-state index contributed by atoms with van der Waals surface area (Å²) in [6, 6.07) is 15.0. The Morgan fingerprint density at radius 1 is 1.22 bits per heavy atom. The molecule has 0 fully saturated rings. The molecule has 0 unspecified atom stereocenters. The van der Waals surface area contributed by atoms with Gasteiger partial charge in [0.25, 0.3) is 0 Å². The molecule has 134 valence electrons. The van der Waals surface area contributed by atoms with Crippen LogP contribution in [0, 0.1) is 11.3 Å². The van der Waals surface area contributed by atoms with Crippen molar-refractivity contribution in [2.75, 3.05) is 19.3 Å². The average molecular weight is 378 g/mol. The first-order valence-electron chi connectivity index (χ1n) is 8.00. The summed E-state index contributed by atoms with van der Waals surface area (Å²) in [5, 5.41) is 16.0. The SMILES string of the molecule is COc1ccc(N/N=C(\C#N)c2nc(-c3ccc4c(c3)OCO4)cs2)cc1. The fourth-order valence-corrected chi connectivity index (χ4v) is 3.24. The van der Waals surface area contributed by atoms with Crippen molar-refractivity contribution in [1.82, 2.24) is 4.98 Å². The van der Waals surface area contributed by atoms with Gasteiger partial charge < -0.3 is 14.2 Å². The van der Waals surface area contributed by atoms with E-state index < -0.39 is 0 Å². The summed E-state index contributed by atoms with van der Waals surface area (Å²) in [6.45, 7) is 0.226. The van der Waals surface area contributed by atoms with Crippen LogP contribution < -0.4 is 19.6 Å². The number of hydrogen-bond acceptors (Lipinski definition) is 8. The number of rotatable bonds is 5. The lowest BCUT2D eigenvalue weighted by Crippen LogP contribution is -2.01. The molecule has 0 amide bonds. The van der Waals surface area contributed by atoms with E-state index in [1.807, 2.05) is 47.8 Å². The Labute approximate surface area is 159 Å².